The lowest BCUT2D eigenvalue weighted by Gasteiger charge is -2.42. The van der Waals surface area contributed by atoms with Gasteiger partial charge in [0.2, 0.25) is 6.10 Å². The van der Waals surface area contributed by atoms with Crippen molar-refractivity contribution in [3.8, 4) is 0 Å². The fourth-order valence-electron chi connectivity index (χ4n) is 3.16. The van der Waals surface area contributed by atoms with Crippen LogP contribution in [-0.4, -0.2) is 34.0 Å². The number of rotatable bonds is 3. The van der Waals surface area contributed by atoms with Gasteiger partial charge in [-0.2, -0.15) is 13.2 Å². The molecule has 2 aliphatic carbocycles. The van der Waals surface area contributed by atoms with Gasteiger partial charge in [0.15, 0.2) is 0 Å². The monoisotopic (exact) mass is 286 g/mol. The van der Waals surface area contributed by atoms with Crippen molar-refractivity contribution in [2.45, 2.75) is 43.6 Å². The van der Waals surface area contributed by atoms with Crippen LogP contribution in [0.5, 0.6) is 0 Å². The highest BCUT2D eigenvalue weighted by molar-refractivity contribution is 5.16. The Labute approximate surface area is 106 Å². The summed E-state index contributed by atoms with van der Waals surface area (Å²) in [6.45, 7) is 0.682. The first-order chi connectivity index (χ1) is 8.48. The summed E-state index contributed by atoms with van der Waals surface area (Å²) in [6.07, 6.45) is -5.06. The zero-order valence-corrected chi connectivity index (χ0v) is 10.2. The van der Waals surface area contributed by atoms with Crippen LogP contribution in [0.1, 0.15) is 19.8 Å². The predicted molar refractivity (Wildman–Crippen MR) is 56.5 cm³/mol. The van der Waals surface area contributed by atoms with Crippen LogP contribution in [0.2, 0.25) is 0 Å². The van der Waals surface area contributed by atoms with Gasteiger partial charge in [0, 0.05) is 5.92 Å². The van der Waals surface area contributed by atoms with Crippen LogP contribution in [0.15, 0.2) is 12.2 Å². The SMILES string of the molecule is CC(O)(C1CC2C=CC1C2)C(F)(F)C(O)C(F)(F)F. The number of allylic oxidation sites excluding steroid dienone is 2. The van der Waals surface area contributed by atoms with Crippen LogP contribution in [0.3, 0.4) is 0 Å². The predicted octanol–water partition coefficient (Wildman–Crippen LogP) is 2.51. The molecule has 19 heavy (non-hydrogen) atoms. The molecule has 7 heteroatoms. The molecule has 0 radical (unpaired) electrons. The molecular weight excluding hydrogens is 271 g/mol. The number of hydrogen-bond acceptors (Lipinski definition) is 2. The third kappa shape index (κ3) is 2.16. The van der Waals surface area contributed by atoms with Crippen LogP contribution < -0.4 is 0 Å². The van der Waals surface area contributed by atoms with Gasteiger partial charge in [0.05, 0.1) is 0 Å². The standard InChI is InChI=1S/C12H15F5O2/c1-10(19,8-5-6-2-3-7(8)4-6)11(13,14)9(18)12(15,16)17/h2-3,6-9,18-19H,4-5H2,1H3. The van der Waals surface area contributed by atoms with E-state index in [0.717, 1.165) is 0 Å². The smallest absolute Gasteiger partial charge is 0.383 e. The number of aliphatic hydroxyl groups excluding tert-OH is 1. The molecule has 0 heterocycles. The van der Waals surface area contributed by atoms with Crippen molar-refractivity contribution in [1.82, 2.24) is 0 Å². The van der Waals surface area contributed by atoms with E-state index in [0.29, 0.717) is 13.3 Å². The highest BCUT2D eigenvalue weighted by Crippen LogP contribution is 2.53. The second-order valence-electron chi connectivity index (χ2n) is 5.60. The van der Waals surface area contributed by atoms with E-state index in [4.69, 9.17) is 5.11 Å². The van der Waals surface area contributed by atoms with E-state index < -0.39 is 29.7 Å². The number of hydrogen-bond donors (Lipinski definition) is 2. The van der Waals surface area contributed by atoms with Gasteiger partial charge in [-0.1, -0.05) is 12.2 Å². The summed E-state index contributed by atoms with van der Waals surface area (Å²) in [5.41, 5.74) is -2.90. The first-order valence-electron chi connectivity index (χ1n) is 6.01. The molecule has 0 saturated heterocycles. The lowest BCUT2D eigenvalue weighted by molar-refractivity contribution is -0.320. The summed E-state index contributed by atoms with van der Waals surface area (Å²) in [6, 6.07) is 0. The molecule has 110 valence electrons. The molecular formula is C12H15F5O2. The summed E-state index contributed by atoms with van der Waals surface area (Å²) in [5.74, 6) is -5.95. The van der Waals surface area contributed by atoms with Gasteiger partial charge in [-0.15, -0.1) is 0 Å². The number of fused-ring (bicyclic) bond motifs is 2. The Balaban J connectivity index is 2.25. The van der Waals surface area contributed by atoms with Crippen molar-refractivity contribution in [1.29, 1.82) is 0 Å². The molecule has 0 aliphatic heterocycles. The molecule has 0 amide bonds. The van der Waals surface area contributed by atoms with Crippen LogP contribution >= 0.6 is 0 Å². The van der Waals surface area contributed by atoms with Gasteiger partial charge in [0.25, 0.3) is 0 Å². The molecule has 5 atom stereocenters. The zero-order chi connectivity index (χ0) is 14.6. The maximum atomic E-state index is 13.8. The third-order valence-electron chi connectivity index (χ3n) is 4.33. The number of alkyl halides is 5. The fourth-order valence-corrected chi connectivity index (χ4v) is 3.16. The Morgan fingerprint density at radius 3 is 2.05 bits per heavy atom. The van der Waals surface area contributed by atoms with Gasteiger partial charge in [0.1, 0.15) is 5.60 Å². The Morgan fingerprint density at radius 2 is 1.68 bits per heavy atom. The second kappa shape index (κ2) is 4.15. The fraction of sp³-hybridized carbons (Fsp3) is 0.833. The van der Waals surface area contributed by atoms with Crippen molar-refractivity contribution in [2.75, 3.05) is 0 Å². The van der Waals surface area contributed by atoms with E-state index in [1.165, 1.54) is 0 Å². The van der Waals surface area contributed by atoms with Crippen LogP contribution in [-0.2, 0) is 0 Å². The molecule has 1 saturated carbocycles. The minimum Gasteiger partial charge on any atom is -0.383 e. The minimum absolute atomic E-state index is 0.0281. The highest BCUT2D eigenvalue weighted by atomic mass is 19.4. The zero-order valence-electron chi connectivity index (χ0n) is 10.2. The Morgan fingerprint density at radius 1 is 1.11 bits per heavy atom. The topological polar surface area (TPSA) is 40.5 Å². The molecule has 2 rings (SSSR count). The summed E-state index contributed by atoms with van der Waals surface area (Å²) in [4.78, 5) is 0. The summed E-state index contributed by atoms with van der Waals surface area (Å²) in [7, 11) is 0. The maximum absolute atomic E-state index is 13.8. The minimum atomic E-state index is -5.47. The average molecular weight is 286 g/mol. The summed E-state index contributed by atoms with van der Waals surface area (Å²) in [5, 5.41) is 18.8. The van der Waals surface area contributed by atoms with E-state index in [2.05, 4.69) is 0 Å². The summed E-state index contributed by atoms with van der Waals surface area (Å²) >= 11 is 0. The lowest BCUT2D eigenvalue weighted by Crippen LogP contribution is -2.62. The maximum Gasteiger partial charge on any atom is 0.420 e. The van der Waals surface area contributed by atoms with Crippen molar-refractivity contribution in [3.63, 3.8) is 0 Å². The molecule has 0 spiro atoms. The van der Waals surface area contributed by atoms with E-state index in [1.807, 2.05) is 6.08 Å². The van der Waals surface area contributed by atoms with E-state index in [1.54, 1.807) is 6.08 Å². The lowest BCUT2D eigenvalue weighted by atomic mass is 9.74. The molecule has 1 fully saturated rings. The third-order valence-corrected chi connectivity index (χ3v) is 4.33. The summed E-state index contributed by atoms with van der Waals surface area (Å²) < 4.78 is 64.5. The Kier molecular flexibility index (Phi) is 3.21. The second-order valence-corrected chi connectivity index (χ2v) is 5.60. The molecule has 2 aliphatic rings. The normalized spacial score (nSPS) is 35.5. The van der Waals surface area contributed by atoms with E-state index in [-0.39, 0.29) is 18.3 Å². The number of aliphatic hydroxyl groups is 2. The highest BCUT2D eigenvalue weighted by Gasteiger charge is 2.67. The van der Waals surface area contributed by atoms with Gasteiger partial charge in [-0.05, 0) is 31.6 Å². The van der Waals surface area contributed by atoms with Gasteiger partial charge < -0.3 is 10.2 Å². The first kappa shape index (κ1) is 14.7. The molecule has 2 bridgehead atoms. The van der Waals surface area contributed by atoms with Crippen LogP contribution in [0.25, 0.3) is 0 Å². The van der Waals surface area contributed by atoms with Crippen molar-refractivity contribution in [3.05, 3.63) is 12.2 Å². The average Bonchev–Trinajstić information content (AvgIpc) is 2.88. The molecule has 0 aromatic carbocycles. The van der Waals surface area contributed by atoms with Crippen LogP contribution in [0.4, 0.5) is 22.0 Å². The number of halogens is 5. The molecule has 5 unspecified atom stereocenters. The molecule has 2 N–H and O–H groups in total. The molecule has 2 nitrogen and oxygen atoms in total. The van der Waals surface area contributed by atoms with Gasteiger partial charge in [-0.25, -0.2) is 8.78 Å². The molecule has 0 aromatic heterocycles. The Hall–Kier alpha value is -0.690. The largest absolute Gasteiger partial charge is 0.420 e. The van der Waals surface area contributed by atoms with Crippen molar-refractivity contribution < 1.29 is 32.2 Å². The van der Waals surface area contributed by atoms with E-state index in [9.17, 15) is 27.1 Å². The van der Waals surface area contributed by atoms with Crippen molar-refractivity contribution in [2.24, 2.45) is 17.8 Å². The molecule has 0 aromatic rings. The van der Waals surface area contributed by atoms with Gasteiger partial charge in [-0.3, -0.25) is 0 Å². The first-order valence-corrected chi connectivity index (χ1v) is 6.01. The Bertz CT molecular complexity index is 388. The van der Waals surface area contributed by atoms with Crippen LogP contribution in [0, 0.1) is 17.8 Å². The quantitative estimate of drug-likeness (QED) is 0.618. The van der Waals surface area contributed by atoms with Gasteiger partial charge >= 0.3 is 12.1 Å². The van der Waals surface area contributed by atoms with E-state index >= 15 is 0 Å². The van der Waals surface area contributed by atoms with Crippen molar-refractivity contribution >= 4 is 0 Å².